The third kappa shape index (κ3) is 1.70. The molecule has 3 heteroatoms. The lowest BCUT2D eigenvalue weighted by Gasteiger charge is -2.08. The Morgan fingerprint density at radius 3 is 2.78 bits per heavy atom. The van der Waals surface area contributed by atoms with Gasteiger partial charge in [-0.25, -0.2) is 4.39 Å². The van der Waals surface area contributed by atoms with Crippen molar-refractivity contribution in [2.45, 2.75) is 0 Å². The molecule has 0 atom stereocenters. The highest BCUT2D eigenvalue weighted by Gasteiger charge is 2.09. The number of fused-ring (bicyclic) bond motifs is 1. The largest absolute Gasteiger partial charge is 0.507 e. The lowest BCUT2D eigenvalue weighted by Crippen LogP contribution is -1.85. The topological polar surface area (TPSA) is 33.1 Å². The van der Waals surface area contributed by atoms with Crippen LogP contribution in [0.25, 0.3) is 21.9 Å². The molecule has 1 N–H and O–H groups in total. The molecule has 0 aliphatic heterocycles. The van der Waals surface area contributed by atoms with Gasteiger partial charge < -0.3 is 5.11 Å². The molecule has 0 aliphatic rings. The van der Waals surface area contributed by atoms with Crippen LogP contribution >= 0.6 is 0 Å². The minimum atomic E-state index is -0.367. The number of rotatable bonds is 1. The number of aromatic nitrogens is 1. The van der Waals surface area contributed by atoms with Crippen molar-refractivity contribution in [3.63, 3.8) is 0 Å². The zero-order chi connectivity index (χ0) is 12.5. The first-order chi connectivity index (χ1) is 8.75. The molecule has 88 valence electrons. The Morgan fingerprint density at radius 2 is 1.89 bits per heavy atom. The van der Waals surface area contributed by atoms with E-state index < -0.39 is 0 Å². The molecule has 2 aromatic carbocycles. The lowest BCUT2D eigenvalue weighted by molar-refractivity contribution is 0.475. The van der Waals surface area contributed by atoms with Crippen LogP contribution in [-0.2, 0) is 0 Å². The summed E-state index contributed by atoms with van der Waals surface area (Å²) in [6.45, 7) is 0. The van der Waals surface area contributed by atoms with Crippen LogP contribution in [0.1, 0.15) is 0 Å². The maximum atomic E-state index is 13.3. The fraction of sp³-hybridized carbons (Fsp3) is 0. The molecule has 0 bridgehead atoms. The standard InChI is InChI=1S/C15H10FNO/c16-11-4-5-15(18)14(8-11)13-3-1-2-10-9-17-7-6-12(10)13/h1-9,18H. The number of pyridine rings is 1. The summed E-state index contributed by atoms with van der Waals surface area (Å²) < 4.78 is 13.3. The van der Waals surface area contributed by atoms with Crippen LogP contribution in [0.2, 0.25) is 0 Å². The molecular weight excluding hydrogens is 229 g/mol. The first-order valence-corrected chi connectivity index (χ1v) is 5.57. The Hall–Kier alpha value is -2.42. The van der Waals surface area contributed by atoms with Crippen molar-refractivity contribution < 1.29 is 9.50 Å². The molecule has 1 aromatic heterocycles. The van der Waals surface area contributed by atoms with E-state index >= 15 is 0 Å². The average molecular weight is 239 g/mol. The Labute approximate surface area is 103 Å². The van der Waals surface area contributed by atoms with Crippen LogP contribution in [0, 0.1) is 5.82 Å². The summed E-state index contributed by atoms with van der Waals surface area (Å²) in [5.74, 6) is -0.297. The number of aromatic hydroxyl groups is 1. The van der Waals surface area contributed by atoms with Crippen LogP contribution in [0.4, 0.5) is 4.39 Å². The quantitative estimate of drug-likeness (QED) is 0.701. The van der Waals surface area contributed by atoms with Gasteiger partial charge in [-0.05, 0) is 35.2 Å². The number of halogens is 1. The molecule has 0 aliphatic carbocycles. The molecule has 2 nitrogen and oxygen atoms in total. The molecule has 3 rings (SSSR count). The number of benzene rings is 2. The van der Waals surface area contributed by atoms with E-state index in [4.69, 9.17) is 0 Å². The summed E-state index contributed by atoms with van der Waals surface area (Å²) in [6.07, 6.45) is 3.43. The SMILES string of the molecule is Oc1ccc(F)cc1-c1cccc2cnccc12. The third-order valence-electron chi connectivity index (χ3n) is 2.93. The summed E-state index contributed by atoms with van der Waals surface area (Å²) in [5, 5.41) is 11.8. The number of phenols is 1. The van der Waals surface area contributed by atoms with Crippen LogP contribution in [-0.4, -0.2) is 10.1 Å². The summed E-state index contributed by atoms with van der Waals surface area (Å²) in [4.78, 5) is 4.05. The summed E-state index contributed by atoms with van der Waals surface area (Å²) >= 11 is 0. The monoisotopic (exact) mass is 239 g/mol. The van der Waals surface area contributed by atoms with Crippen LogP contribution < -0.4 is 0 Å². The summed E-state index contributed by atoms with van der Waals surface area (Å²) in [7, 11) is 0. The van der Waals surface area contributed by atoms with Crippen LogP contribution in [0.5, 0.6) is 5.75 Å². The van der Waals surface area contributed by atoms with Crippen molar-refractivity contribution in [3.8, 4) is 16.9 Å². The van der Waals surface area contributed by atoms with Gasteiger partial charge in [0.1, 0.15) is 11.6 Å². The Bertz CT molecular complexity index is 719. The van der Waals surface area contributed by atoms with Gasteiger partial charge in [-0.3, -0.25) is 4.98 Å². The van der Waals surface area contributed by atoms with Crippen LogP contribution in [0.15, 0.2) is 54.9 Å². The molecule has 0 saturated carbocycles. The second-order valence-electron chi connectivity index (χ2n) is 4.06. The van der Waals surface area contributed by atoms with E-state index in [1.54, 1.807) is 12.4 Å². The van der Waals surface area contributed by atoms with Crippen molar-refractivity contribution in [1.29, 1.82) is 0 Å². The van der Waals surface area contributed by atoms with E-state index in [0.717, 1.165) is 16.3 Å². The number of phenolic OH excluding ortho intramolecular Hbond substituents is 1. The second-order valence-corrected chi connectivity index (χ2v) is 4.06. The van der Waals surface area contributed by atoms with Gasteiger partial charge in [0.15, 0.2) is 0 Å². The predicted molar refractivity (Wildman–Crippen MR) is 68.8 cm³/mol. The van der Waals surface area contributed by atoms with Gasteiger partial charge in [0, 0.05) is 23.3 Å². The van der Waals surface area contributed by atoms with Gasteiger partial charge >= 0.3 is 0 Å². The number of hydrogen-bond donors (Lipinski definition) is 1. The van der Waals surface area contributed by atoms with Crippen molar-refractivity contribution >= 4 is 10.8 Å². The minimum absolute atomic E-state index is 0.0701. The van der Waals surface area contributed by atoms with Gasteiger partial charge in [0.2, 0.25) is 0 Å². The van der Waals surface area contributed by atoms with E-state index in [-0.39, 0.29) is 11.6 Å². The Balaban J connectivity index is 2.35. The van der Waals surface area contributed by atoms with E-state index in [1.807, 2.05) is 24.3 Å². The second kappa shape index (κ2) is 4.11. The van der Waals surface area contributed by atoms with E-state index in [9.17, 15) is 9.50 Å². The average Bonchev–Trinajstić information content (AvgIpc) is 2.41. The zero-order valence-corrected chi connectivity index (χ0v) is 9.47. The van der Waals surface area contributed by atoms with E-state index in [2.05, 4.69) is 4.98 Å². The van der Waals surface area contributed by atoms with E-state index in [0.29, 0.717) is 5.56 Å². The normalized spacial score (nSPS) is 10.7. The first kappa shape index (κ1) is 10.7. The zero-order valence-electron chi connectivity index (χ0n) is 9.47. The highest BCUT2D eigenvalue weighted by atomic mass is 19.1. The van der Waals surface area contributed by atoms with Gasteiger partial charge in [0.25, 0.3) is 0 Å². The third-order valence-corrected chi connectivity index (χ3v) is 2.93. The number of hydrogen-bond acceptors (Lipinski definition) is 2. The van der Waals surface area contributed by atoms with E-state index in [1.165, 1.54) is 18.2 Å². The highest BCUT2D eigenvalue weighted by molar-refractivity contribution is 5.97. The summed E-state index contributed by atoms with van der Waals surface area (Å²) in [6, 6.07) is 11.5. The smallest absolute Gasteiger partial charge is 0.124 e. The number of nitrogens with zero attached hydrogens (tertiary/aromatic N) is 1. The molecule has 0 fully saturated rings. The Kier molecular flexibility index (Phi) is 2.45. The fourth-order valence-corrected chi connectivity index (χ4v) is 2.08. The van der Waals surface area contributed by atoms with Crippen molar-refractivity contribution in [2.75, 3.05) is 0 Å². The van der Waals surface area contributed by atoms with Gasteiger partial charge in [0.05, 0.1) is 0 Å². The predicted octanol–water partition coefficient (Wildman–Crippen LogP) is 3.75. The lowest BCUT2D eigenvalue weighted by atomic mass is 9.99. The molecular formula is C15H10FNO. The maximum Gasteiger partial charge on any atom is 0.124 e. The molecule has 0 unspecified atom stereocenters. The maximum absolute atomic E-state index is 13.3. The molecule has 0 spiro atoms. The highest BCUT2D eigenvalue weighted by Crippen LogP contribution is 2.34. The van der Waals surface area contributed by atoms with Gasteiger partial charge in [-0.15, -0.1) is 0 Å². The van der Waals surface area contributed by atoms with Gasteiger partial charge in [-0.2, -0.15) is 0 Å². The molecule has 0 amide bonds. The molecule has 18 heavy (non-hydrogen) atoms. The van der Waals surface area contributed by atoms with Crippen molar-refractivity contribution in [3.05, 3.63) is 60.7 Å². The molecule has 3 aromatic rings. The van der Waals surface area contributed by atoms with Crippen LogP contribution in [0.3, 0.4) is 0 Å². The summed E-state index contributed by atoms with van der Waals surface area (Å²) in [5.41, 5.74) is 1.29. The van der Waals surface area contributed by atoms with Crippen molar-refractivity contribution in [1.82, 2.24) is 4.98 Å². The molecule has 0 saturated heterocycles. The van der Waals surface area contributed by atoms with Gasteiger partial charge in [-0.1, -0.05) is 18.2 Å². The minimum Gasteiger partial charge on any atom is -0.507 e. The first-order valence-electron chi connectivity index (χ1n) is 5.57. The Morgan fingerprint density at radius 1 is 1.00 bits per heavy atom. The van der Waals surface area contributed by atoms with Crippen molar-refractivity contribution in [2.24, 2.45) is 0 Å². The molecule has 0 radical (unpaired) electrons. The fourth-order valence-electron chi connectivity index (χ4n) is 2.08. The molecule has 1 heterocycles.